The molecule has 1 aliphatic rings. The van der Waals surface area contributed by atoms with Gasteiger partial charge in [-0.2, -0.15) is 0 Å². The average molecular weight is 142 g/mol. The molecule has 60 valence electrons. The van der Waals surface area contributed by atoms with Crippen molar-refractivity contribution >= 4 is 0 Å². The monoisotopic (exact) mass is 142 g/mol. The molecular formula is C8H18N2. The van der Waals surface area contributed by atoms with E-state index in [9.17, 15) is 0 Å². The third kappa shape index (κ3) is 1.96. The lowest BCUT2D eigenvalue weighted by molar-refractivity contribution is 0.257. The van der Waals surface area contributed by atoms with Crippen molar-refractivity contribution in [3.8, 4) is 0 Å². The second-order valence-electron chi connectivity index (χ2n) is 3.16. The van der Waals surface area contributed by atoms with Crippen LogP contribution in [0.1, 0.15) is 26.2 Å². The first-order chi connectivity index (χ1) is 4.84. The zero-order chi connectivity index (χ0) is 7.40. The standard InChI is InChI=1S/C8H18N2/c1-2-10-6-8(9)7-4-3-5-7/h7-8,10H,2-6,9H2,1H3. The average Bonchev–Trinajstić information content (AvgIpc) is 1.79. The highest BCUT2D eigenvalue weighted by atomic mass is 14.9. The number of hydrogen-bond donors (Lipinski definition) is 2. The first kappa shape index (κ1) is 8.02. The Kier molecular flexibility index (Phi) is 3.16. The van der Waals surface area contributed by atoms with Crippen LogP contribution in [-0.4, -0.2) is 19.1 Å². The largest absolute Gasteiger partial charge is 0.326 e. The Morgan fingerprint density at radius 2 is 2.30 bits per heavy atom. The molecule has 0 heterocycles. The molecule has 1 rings (SSSR count). The number of nitrogens with two attached hydrogens (primary N) is 1. The first-order valence-electron chi connectivity index (χ1n) is 4.31. The highest BCUT2D eigenvalue weighted by molar-refractivity contribution is 4.81. The second-order valence-corrected chi connectivity index (χ2v) is 3.16. The van der Waals surface area contributed by atoms with Crippen molar-refractivity contribution in [1.82, 2.24) is 5.32 Å². The summed E-state index contributed by atoms with van der Waals surface area (Å²) in [4.78, 5) is 0. The van der Waals surface area contributed by atoms with Crippen LogP contribution in [0.4, 0.5) is 0 Å². The van der Waals surface area contributed by atoms with Gasteiger partial charge in [0, 0.05) is 12.6 Å². The number of rotatable bonds is 4. The lowest BCUT2D eigenvalue weighted by atomic mass is 9.80. The molecule has 1 unspecified atom stereocenters. The molecule has 0 aliphatic heterocycles. The lowest BCUT2D eigenvalue weighted by Gasteiger charge is -2.31. The van der Waals surface area contributed by atoms with E-state index in [1.54, 1.807) is 0 Å². The van der Waals surface area contributed by atoms with Crippen LogP contribution in [0.3, 0.4) is 0 Å². The zero-order valence-corrected chi connectivity index (χ0v) is 6.77. The minimum atomic E-state index is 0.411. The van der Waals surface area contributed by atoms with E-state index in [4.69, 9.17) is 5.73 Å². The van der Waals surface area contributed by atoms with Crippen LogP contribution in [0.5, 0.6) is 0 Å². The van der Waals surface area contributed by atoms with E-state index in [2.05, 4.69) is 12.2 Å². The van der Waals surface area contributed by atoms with Gasteiger partial charge in [-0.25, -0.2) is 0 Å². The number of likely N-dealkylation sites (N-methyl/N-ethyl adjacent to an activating group) is 1. The van der Waals surface area contributed by atoms with E-state index in [1.165, 1.54) is 19.3 Å². The minimum absolute atomic E-state index is 0.411. The Hall–Kier alpha value is -0.0800. The third-order valence-corrected chi connectivity index (χ3v) is 2.39. The normalized spacial score (nSPS) is 22.2. The van der Waals surface area contributed by atoms with E-state index in [-0.39, 0.29) is 0 Å². The van der Waals surface area contributed by atoms with Gasteiger partial charge in [0.1, 0.15) is 0 Å². The van der Waals surface area contributed by atoms with Gasteiger partial charge in [-0.05, 0) is 25.3 Å². The fraction of sp³-hybridized carbons (Fsp3) is 1.00. The van der Waals surface area contributed by atoms with E-state index in [1.807, 2.05) is 0 Å². The Balaban J connectivity index is 2.02. The maximum atomic E-state index is 5.90. The van der Waals surface area contributed by atoms with Crippen molar-refractivity contribution in [2.45, 2.75) is 32.2 Å². The summed E-state index contributed by atoms with van der Waals surface area (Å²) < 4.78 is 0. The van der Waals surface area contributed by atoms with Gasteiger partial charge in [0.15, 0.2) is 0 Å². The van der Waals surface area contributed by atoms with Crippen molar-refractivity contribution in [3.63, 3.8) is 0 Å². The van der Waals surface area contributed by atoms with Crippen LogP contribution in [0.25, 0.3) is 0 Å². The molecule has 2 heteroatoms. The topological polar surface area (TPSA) is 38.0 Å². The molecule has 0 spiro atoms. The van der Waals surface area contributed by atoms with Crippen molar-refractivity contribution in [2.75, 3.05) is 13.1 Å². The maximum Gasteiger partial charge on any atom is 0.0193 e. The van der Waals surface area contributed by atoms with Crippen LogP contribution in [0.2, 0.25) is 0 Å². The summed E-state index contributed by atoms with van der Waals surface area (Å²) in [5.74, 6) is 0.819. The molecule has 10 heavy (non-hydrogen) atoms. The van der Waals surface area contributed by atoms with Crippen LogP contribution in [-0.2, 0) is 0 Å². The van der Waals surface area contributed by atoms with Crippen molar-refractivity contribution in [2.24, 2.45) is 11.7 Å². The SMILES string of the molecule is CCNCC(N)C1CCC1. The van der Waals surface area contributed by atoms with Crippen LogP contribution < -0.4 is 11.1 Å². The molecule has 1 atom stereocenters. The van der Waals surface area contributed by atoms with Crippen LogP contribution in [0, 0.1) is 5.92 Å². The Morgan fingerprint density at radius 1 is 1.60 bits per heavy atom. The van der Waals surface area contributed by atoms with E-state index in [0.29, 0.717) is 6.04 Å². The molecule has 0 aromatic rings. The molecule has 0 aromatic carbocycles. The summed E-state index contributed by atoms with van der Waals surface area (Å²) in [6.07, 6.45) is 4.10. The molecule has 1 aliphatic carbocycles. The van der Waals surface area contributed by atoms with Gasteiger partial charge in [-0.15, -0.1) is 0 Å². The molecule has 0 saturated heterocycles. The maximum absolute atomic E-state index is 5.90. The van der Waals surface area contributed by atoms with E-state index >= 15 is 0 Å². The molecule has 3 N–H and O–H groups in total. The summed E-state index contributed by atoms with van der Waals surface area (Å²) >= 11 is 0. The number of nitrogens with one attached hydrogen (secondary N) is 1. The fourth-order valence-corrected chi connectivity index (χ4v) is 1.35. The van der Waals surface area contributed by atoms with Gasteiger partial charge in [-0.3, -0.25) is 0 Å². The minimum Gasteiger partial charge on any atom is -0.326 e. The molecule has 1 saturated carbocycles. The molecule has 0 bridgehead atoms. The molecule has 0 radical (unpaired) electrons. The quantitative estimate of drug-likeness (QED) is 0.607. The highest BCUT2D eigenvalue weighted by Crippen LogP contribution is 2.28. The van der Waals surface area contributed by atoms with Crippen LogP contribution >= 0.6 is 0 Å². The summed E-state index contributed by atoms with van der Waals surface area (Å²) in [5, 5.41) is 3.27. The van der Waals surface area contributed by atoms with Gasteiger partial charge < -0.3 is 11.1 Å². The van der Waals surface area contributed by atoms with Gasteiger partial charge >= 0.3 is 0 Å². The molecule has 0 amide bonds. The molecule has 1 fully saturated rings. The van der Waals surface area contributed by atoms with Gasteiger partial charge in [-0.1, -0.05) is 13.3 Å². The summed E-state index contributed by atoms with van der Waals surface area (Å²) in [7, 11) is 0. The number of hydrogen-bond acceptors (Lipinski definition) is 2. The Morgan fingerprint density at radius 3 is 2.70 bits per heavy atom. The predicted molar refractivity (Wildman–Crippen MR) is 43.9 cm³/mol. The predicted octanol–water partition coefficient (Wildman–Crippen LogP) is 0.723. The van der Waals surface area contributed by atoms with Gasteiger partial charge in [0.25, 0.3) is 0 Å². The lowest BCUT2D eigenvalue weighted by Crippen LogP contribution is -2.42. The molecule has 2 nitrogen and oxygen atoms in total. The zero-order valence-electron chi connectivity index (χ0n) is 6.77. The second kappa shape index (κ2) is 3.94. The fourth-order valence-electron chi connectivity index (χ4n) is 1.35. The van der Waals surface area contributed by atoms with Crippen molar-refractivity contribution in [1.29, 1.82) is 0 Å². The summed E-state index contributed by atoms with van der Waals surface area (Å²) in [6.45, 7) is 4.16. The van der Waals surface area contributed by atoms with E-state index < -0.39 is 0 Å². The highest BCUT2D eigenvalue weighted by Gasteiger charge is 2.23. The Labute approximate surface area is 63.2 Å². The first-order valence-corrected chi connectivity index (χ1v) is 4.31. The van der Waals surface area contributed by atoms with Crippen molar-refractivity contribution in [3.05, 3.63) is 0 Å². The van der Waals surface area contributed by atoms with Gasteiger partial charge in [0.05, 0.1) is 0 Å². The Bertz CT molecular complexity index is 89.3. The van der Waals surface area contributed by atoms with Crippen LogP contribution in [0.15, 0.2) is 0 Å². The third-order valence-electron chi connectivity index (χ3n) is 2.39. The van der Waals surface area contributed by atoms with Crippen molar-refractivity contribution < 1.29 is 0 Å². The molecular weight excluding hydrogens is 124 g/mol. The van der Waals surface area contributed by atoms with E-state index in [0.717, 1.165) is 19.0 Å². The smallest absolute Gasteiger partial charge is 0.0193 e. The molecule has 0 aromatic heterocycles. The summed E-state index contributed by atoms with van der Waals surface area (Å²) in [6, 6.07) is 0.411. The van der Waals surface area contributed by atoms with Gasteiger partial charge in [0.2, 0.25) is 0 Å². The summed E-state index contributed by atoms with van der Waals surface area (Å²) in [5.41, 5.74) is 5.90.